The first-order chi connectivity index (χ1) is 16.8. The summed E-state index contributed by atoms with van der Waals surface area (Å²) in [5, 5.41) is 3.06. The Kier molecular flexibility index (Phi) is 7.03. The molecular weight excluding hydrogens is 472 g/mol. The van der Waals surface area contributed by atoms with Gasteiger partial charge in [0.2, 0.25) is 21.9 Å². The van der Waals surface area contributed by atoms with Crippen molar-refractivity contribution < 1.29 is 22.4 Å². The molecule has 2 aromatic heterocycles. The van der Waals surface area contributed by atoms with Crippen LogP contribution in [0.1, 0.15) is 27.5 Å². The number of hydrogen-bond donors (Lipinski definition) is 3. The van der Waals surface area contributed by atoms with E-state index in [1.54, 1.807) is 12.1 Å². The number of rotatable bonds is 9. The van der Waals surface area contributed by atoms with Gasteiger partial charge in [0.15, 0.2) is 12.4 Å². The van der Waals surface area contributed by atoms with E-state index in [2.05, 4.69) is 25.0 Å². The van der Waals surface area contributed by atoms with E-state index in [-0.39, 0.29) is 41.3 Å². The van der Waals surface area contributed by atoms with Gasteiger partial charge in [-0.2, -0.15) is 15.0 Å². The van der Waals surface area contributed by atoms with Gasteiger partial charge in [-0.05, 0) is 48.9 Å². The Morgan fingerprint density at radius 3 is 2.66 bits per heavy atom. The number of anilines is 3. The molecule has 4 rings (SSSR count). The molecule has 11 nitrogen and oxygen atoms in total. The summed E-state index contributed by atoms with van der Waals surface area (Å²) in [5.74, 6) is -0.00483. The van der Waals surface area contributed by atoms with Gasteiger partial charge < -0.3 is 20.2 Å². The number of nitrogens with one attached hydrogen (secondary N) is 2. The molecule has 4 N–H and O–H groups in total. The number of carbonyl (C=O) groups is 1. The number of aromatic nitrogens is 3. The summed E-state index contributed by atoms with van der Waals surface area (Å²) < 4.78 is 38.0. The van der Waals surface area contributed by atoms with E-state index in [0.29, 0.717) is 5.76 Å². The highest BCUT2D eigenvalue weighted by atomic mass is 32.2. The zero-order valence-corrected chi connectivity index (χ0v) is 19.5. The fraction of sp³-hybridized carbons (Fsp3) is 0.130. The normalized spacial score (nSPS) is 11.2. The van der Waals surface area contributed by atoms with Gasteiger partial charge in [-0.3, -0.25) is 0 Å². The Balaban J connectivity index is 1.42. The quantitative estimate of drug-likeness (QED) is 0.295. The third-order valence-electron chi connectivity index (χ3n) is 4.82. The maximum absolute atomic E-state index is 12.6. The van der Waals surface area contributed by atoms with Crippen molar-refractivity contribution in [2.45, 2.75) is 25.0 Å². The maximum Gasteiger partial charge on any atom is 0.338 e. The second kappa shape index (κ2) is 10.3. The smallest absolute Gasteiger partial charge is 0.338 e. The minimum Gasteiger partial charge on any atom is -0.468 e. The van der Waals surface area contributed by atoms with E-state index < -0.39 is 16.0 Å². The van der Waals surface area contributed by atoms with Gasteiger partial charge in [0, 0.05) is 5.69 Å². The van der Waals surface area contributed by atoms with Crippen molar-refractivity contribution in [3.05, 3.63) is 89.6 Å². The molecule has 0 saturated heterocycles. The molecule has 180 valence electrons. The van der Waals surface area contributed by atoms with E-state index in [4.69, 9.17) is 14.9 Å². The van der Waals surface area contributed by atoms with Crippen LogP contribution in [0.15, 0.2) is 76.2 Å². The molecule has 0 aliphatic rings. The van der Waals surface area contributed by atoms with Crippen LogP contribution in [0.25, 0.3) is 0 Å². The Morgan fingerprint density at radius 2 is 1.89 bits per heavy atom. The van der Waals surface area contributed by atoms with E-state index in [1.165, 1.54) is 30.5 Å². The number of sulfonamides is 1. The molecule has 0 unspecified atom stereocenters. The third-order valence-corrected chi connectivity index (χ3v) is 6.22. The predicted molar refractivity (Wildman–Crippen MR) is 127 cm³/mol. The molecule has 0 spiro atoms. The summed E-state index contributed by atoms with van der Waals surface area (Å²) in [6.07, 6.45) is 1.45. The number of benzene rings is 2. The average molecular weight is 495 g/mol. The number of carbonyl (C=O) groups excluding carboxylic acids is 1. The first-order valence-electron chi connectivity index (χ1n) is 10.4. The lowest BCUT2D eigenvalue weighted by Gasteiger charge is -2.10. The lowest BCUT2D eigenvalue weighted by Crippen LogP contribution is -2.23. The van der Waals surface area contributed by atoms with Crippen LogP contribution in [-0.2, 0) is 27.9 Å². The molecular formula is C23H22N6O5S. The van der Waals surface area contributed by atoms with Crippen LogP contribution in [0.2, 0.25) is 0 Å². The number of hydrogen-bond acceptors (Lipinski definition) is 10. The van der Waals surface area contributed by atoms with Gasteiger partial charge in [0.05, 0.1) is 23.3 Å². The number of esters is 1. The van der Waals surface area contributed by atoms with Crippen LogP contribution in [0, 0.1) is 6.92 Å². The van der Waals surface area contributed by atoms with Crippen molar-refractivity contribution in [3.8, 4) is 0 Å². The van der Waals surface area contributed by atoms with Crippen LogP contribution in [0.5, 0.6) is 0 Å². The van der Waals surface area contributed by atoms with Gasteiger partial charge in [-0.1, -0.05) is 24.3 Å². The second-order valence-electron chi connectivity index (χ2n) is 7.38. The molecule has 0 bridgehead atoms. The number of nitrogens with zero attached hydrogens (tertiary/aromatic N) is 3. The van der Waals surface area contributed by atoms with Crippen LogP contribution >= 0.6 is 0 Å². The van der Waals surface area contributed by atoms with E-state index in [1.807, 2.05) is 31.2 Å². The summed E-state index contributed by atoms with van der Waals surface area (Å²) >= 11 is 0. The van der Waals surface area contributed by atoms with Crippen molar-refractivity contribution in [1.29, 1.82) is 0 Å². The Bertz CT molecular complexity index is 1440. The van der Waals surface area contributed by atoms with Crippen molar-refractivity contribution >= 4 is 33.6 Å². The highest BCUT2D eigenvalue weighted by Gasteiger charge is 2.18. The predicted octanol–water partition coefficient (Wildman–Crippen LogP) is 2.93. The standard InChI is InChI=1S/C23H22N6O5S/c1-15-6-2-3-10-19(15)26-23-28-20(27-22(24)29-23)14-34-21(30)16-7-4-9-18(12-16)35(31,32)25-13-17-8-5-11-33-17/h2-12,25H,13-14H2,1H3,(H3,24,26,27,28,29). The van der Waals surface area contributed by atoms with Crippen LogP contribution in [0.4, 0.5) is 17.6 Å². The Hall–Kier alpha value is -4.29. The van der Waals surface area contributed by atoms with Gasteiger partial charge in [-0.25, -0.2) is 17.9 Å². The van der Waals surface area contributed by atoms with E-state index >= 15 is 0 Å². The topological polar surface area (TPSA) is 162 Å². The number of ether oxygens (including phenoxy) is 1. The molecule has 0 amide bonds. The number of para-hydroxylation sites is 1. The fourth-order valence-electron chi connectivity index (χ4n) is 3.06. The van der Waals surface area contributed by atoms with Gasteiger partial charge in [0.1, 0.15) is 5.76 Å². The number of aryl methyl sites for hydroxylation is 1. The minimum absolute atomic E-state index is 0.0241. The molecule has 0 aliphatic heterocycles. The molecule has 2 aromatic carbocycles. The first-order valence-corrected chi connectivity index (χ1v) is 11.9. The third kappa shape index (κ3) is 6.19. The summed E-state index contributed by atoms with van der Waals surface area (Å²) in [6.45, 7) is 1.61. The fourth-order valence-corrected chi connectivity index (χ4v) is 4.10. The Labute approximate surface area is 201 Å². The molecule has 0 aliphatic carbocycles. The highest BCUT2D eigenvalue weighted by molar-refractivity contribution is 7.89. The Morgan fingerprint density at radius 1 is 1.06 bits per heavy atom. The average Bonchev–Trinajstić information content (AvgIpc) is 3.36. The monoisotopic (exact) mass is 494 g/mol. The largest absolute Gasteiger partial charge is 0.468 e. The second-order valence-corrected chi connectivity index (χ2v) is 9.15. The SMILES string of the molecule is Cc1ccccc1Nc1nc(N)nc(COC(=O)c2cccc(S(=O)(=O)NCc3ccco3)c2)n1. The molecule has 0 saturated carbocycles. The molecule has 2 heterocycles. The molecule has 12 heteroatoms. The highest BCUT2D eigenvalue weighted by Crippen LogP contribution is 2.18. The molecule has 0 atom stereocenters. The number of nitrogens with two attached hydrogens (primary N) is 1. The van der Waals surface area contributed by atoms with Crippen LogP contribution in [-0.4, -0.2) is 29.3 Å². The van der Waals surface area contributed by atoms with Crippen LogP contribution < -0.4 is 15.8 Å². The van der Waals surface area contributed by atoms with Crippen molar-refractivity contribution in [2.24, 2.45) is 0 Å². The van der Waals surface area contributed by atoms with E-state index in [0.717, 1.165) is 11.3 Å². The summed E-state index contributed by atoms with van der Waals surface area (Å²) in [7, 11) is -3.88. The lowest BCUT2D eigenvalue weighted by atomic mass is 10.2. The maximum atomic E-state index is 12.6. The summed E-state index contributed by atoms with van der Waals surface area (Å²) in [6, 6.07) is 16.3. The first kappa shape index (κ1) is 23.9. The summed E-state index contributed by atoms with van der Waals surface area (Å²) in [5.41, 5.74) is 7.60. The lowest BCUT2D eigenvalue weighted by molar-refractivity contribution is 0.0462. The molecule has 0 fully saturated rings. The molecule has 0 radical (unpaired) electrons. The minimum atomic E-state index is -3.88. The molecule has 4 aromatic rings. The molecule has 35 heavy (non-hydrogen) atoms. The number of furan rings is 1. The summed E-state index contributed by atoms with van der Waals surface area (Å²) in [4.78, 5) is 24.8. The van der Waals surface area contributed by atoms with Crippen LogP contribution in [0.3, 0.4) is 0 Å². The number of nitrogen functional groups attached to an aromatic ring is 1. The van der Waals surface area contributed by atoms with Gasteiger partial charge in [-0.15, -0.1) is 0 Å². The van der Waals surface area contributed by atoms with Gasteiger partial charge in [0.25, 0.3) is 0 Å². The van der Waals surface area contributed by atoms with Crippen molar-refractivity contribution in [1.82, 2.24) is 19.7 Å². The van der Waals surface area contributed by atoms with E-state index in [9.17, 15) is 13.2 Å². The van der Waals surface area contributed by atoms with Crippen molar-refractivity contribution in [3.63, 3.8) is 0 Å². The zero-order valence-electron chi connectivity index (χ0n) is 18.6. The van der Waals surface area contributed by atoms with Gasteiger partial charge >= 0.3 is 5.97 Å². The zero-order chi connectivity index (χ0) is 24.8. The van der Waals surface area contributed by atoms with Crippen molar-refractivity contribution in [2.75, 3.05) is 11.1 Å².